The van der Waals surface area contributed by atoms with Gasteiger partial charge in [0.2, 0.25) is 5.88 Å². The van der Waals surface area contributed by atoms with Gasteiger partial charge in [-0.3, -0.25) is 4.79 Å². The van der Waals surface area contributed by atoms with Gasteiger partial charge in [-0.05, 0) is 50.7 Å². The van der Waals surface area contributed by atoms with Crippen molar-refractivity contribution in [1.29, 1.82) is 0 Å². The number of rotatable bonds is 6. The zero-order chi connectivity index (χ0) is 15.3. The molecule has 5 heteroatoms. The van der Waals surface area contributed by atoms with E-state index in [0.29, 0.717) is 25.3 Å². The first-order chi connectivity index (χ1) is 10.0. The highest BCUT2D eigenvalue weighted by Gasteiger charge is 2.38. The third-order valence-electron chi connectivity index (χ3n) is 4.00. The average molecular weight is 292 g/mol. The molecule has 1 amide bonds. The number of hydrogen-bond acceptors (Lipinski definition) is 4. The van der Waals surface area contributed by atoms with Gasteiger partial charge >= 0.3 is 0 Å². The normalized spacial score (nSPS) is 18.2. The van der Waals surface area contributed by atoms with E-state index < -0.39 is 5.60 Å². The van der Waals surface area contributed by atoms with Crippen molar-refractivity contribution in [3.8, 4) is 5.88 Å². The topological polar surface area (TPSA) is 71.5 Å². The second kappa shape index (κ2) is 6.89. The van der Waals surface area contributed by atoms with Crippen LogP contribution >= 0.6 is 0 Å². The first-order valence-electron chi connectivity index (χ1n) is 7.66. The van der Waals surface area contributed by atoms with Crippen molar-refractivity contribution < 1.29 is 14.6 Å². The molecule has 1 saturated carbocycles. The predicted octanol–water partition coefficient (Wildman–Crippen LogP) is 2.18. The molecule has 0 spiro atoms. The number of ether oxygens (including phenoxy) is 1. The summed E-state index contributed by atoms with van der Waals surface area (Å²) in [6.07, 6.45) is 5.62. The van der Waals surface area contributed by atoms with E-state index in [-0.39, 0.29) is 12.0 Å². The third kappa shape index (κ3) is 4.17. The lowest BCUT2D eigenvalue weighted by Crippen LogP contribution is -2.44. The molecule has 2 N–H and O–H groups in total. The number of carbonyl (C=O) groups excluding carboxylic acids is 1. The van der Waals surface area contributed by atoms with Crippen LogP contribution in [0, 0.1) is 0 Å². The zero-order valence-corrected chi connectivity index (χ0v) is 12.8. The van der Waals surface area contributed by atoms with Gasteiger partial charge in [-0.25, -0.2) is 4.98 Å². The fourth-order valence-electron chi connectivity index (χ4n) is 2.45. The number of aliphatic hydroxyl groups is 1. The summed E-state index contributed by atoms with van der Waals surface area (Å²) in [6.45, 7) is 4.42. The molecule has 1 fully saturated rings. The molecule has 1 atom stereocenters. The van der Waals surface area contributed by atoms with E-state index >= 15 is 0 Å². The summed E-state index contributed by atoms with van der Waals surface area (Å²) in [7, 11) is 0. The van der Waals surface area contributed by atoms with Gasteiger partial charge in [-0.1, -0.05) is 6.92 Å². The van der Waals surface area contributed by atoms with Gasteiger partial charge in [-0.2, -0.15) is 0 Å². The van der Waals surface area contributed by atoms with Gasteiger partial charge in [0, 0.05) is 18.8 Å². The van der Waals surface area contributed by atoms with Gasteiger partial charge in [0.1, 0.15) is 5.60 Å². The third-order valence-corrected chi connectivity index (χ3v) is 4.00. The van der Waals surface area contributed by atoms with E-state index in [1.165, 1.54) is 0 Å². The number of carbonyl (C=O) groups is 1. The van der Waals surface area contributed by atoms with E-state index in [4.69, 9.17) is 4.74 Å². The summed E-state index contributed by atoms with van der Waals surface area (Å²) in [5, 5.41) is 13.0. The molecule has 0 aliphatic heterocycles. The second-order valence-corrected chi connectivity index (χ2v) is 5.76. The standard InChI is InChI=1S/C16H24N2O3/c1-3-12(2)21-14-10-13(6-9-17-14)11-18-15(19)16(20)7-4-5-8-16/h6,9-10,12,20H,3-5,7-8,11H2,1-2H3,(H,18,19). The molecule has 1 aromatic rings. The minimum absolute atomic E-state index is 0.113. The summed E-state index contributed by atoms with van der Waals surface area (Å²) >= 11 is 0. The van der Waals surface area contributed by atoms with Crippen LogP contribution < -0.4 is 10.1 Å². The number of nitrogens with one attached hydrogen (secondary N) is 1. The van der Waals surface area contributed by atoms with Crippen molar-refractivity contribution in [3.63, 3.8) is 0 Å². The Bertz CT molecular complexity index is 484. The smallest absolute Gasteiger partial charge is 0.252 e. The molecule has 0 bridgehead atoms. The average Bonchev–Trinajstić information content (AvgIpc) is 2.93. The van der Waals surface area contributed by atoms with E-state index in [1.54, 1.807) is 6.20 Å². The first-order valence-corrected chi connectivity index (χ1v) is 7.66. The van der Waals surface area contributed by atoms with E-state index in [0.717, 1.165) is 24.8 Å². The molecule has 21 heavy (non-hydrogen) atoms. The molecule has 0 radical (unpaired) electrons. The number of hydrogen-bond donors (Lipinski definition) is 2. The largest absolute Gasteiger partial charge is 0.475 e. The Kier molecular flexibility index (Phi) is 5.17. The maximum Gasteiger partial charge on any atom is 0.252 e. The Labute approximate surface area is 125 Å². The molecular weight excluding hydrogens is 268 g/mol. The van der Waals surface area contributed by atoms with E-state index in [1.807, 2.05) is 19.1 Å². The number of nitrogens with zero attached hydrogens (tertiary/aromatic N) is 1. The highest BCUT2D eigenvalue weighted by Crippen LogP contribution is 2.29. The first kappa shape index (κ1) is 15.8. The molecule has 2 rings (SSSR count). The van der Waals surface area contributed by atoms with Gasteiger partial charge in [0.15, 0.2) is 0 Å². The zero-order valence-electron chi connectivity index (χ0n) is 12.8. The van der Waals surface area contributed by atoms with E-state index in [2.05, 4.69) is 17.2 Å². The Morgan fingerprint density at radius 3 is 2.90 bits per heavy atom. The predicted molar refractivity (Wildman–Crippen MR) is 79.9 cm³/mol. The number of amides is 1. The van der Waals surface area contributed by atoms with Crippen molar-refractivity contribution in [3.05, 3.63) is 23.9 Å². The van der Waals surface area contributed by atoms with Crippen LogP contribution in [0.2, 0.25) is 0 Å². The molecule has 116 valence electrons. The van der Waals surface area contributed by atoms with Gasteiger partial charge in [-0.15, -0.1) is 0 Å². The molecule has 1 aromatic heterocycles. The van der Waals surface area contributed by atoms with Crippen LogP contribution in [0.15, 0.2) is 18.3 Å². The lowest BCUT2D eigenvalue weighted by atomic mass is 10.0. The molecule has 1 aliphatic rings. The SMILES string of the molecule is CCC(C)Oc1cc(CNC(=O)C2(O)CCCC2)ccn1. The summed E-state index contributed by atoms with van der Waals surface area (Å²) < 4.78 is 5.66. The lowest BCUT2D eigenvalue weighted by Gasteiger charge is -2.21. The fourth-order valence-corrected chi connectivity index (χ4v) is 2.45. The maximum atomic E-state index is 12.0. The monoisotopic (exact) mass is 292 g/mol. The minimum atomic E-state index is -1.18. The Morgan fingerprint density at radius 2 is 2.24 bits per heavy atom. The molecule has 1 heterocycles. The van der Waals surface area contributed by atoms with Crippen molar-refractivity contribution in [1.82, 2.24) is 10.3 Å². The summed E-state index contributed by atoms with van der Waals surface area (Å²) in [6, 6.07) is 3.66. The van der Waals surface area contributed by atoms with Crippen LogP contribution in [0.4, 0.5) is 0 Å². The molecule has 0 aromatic carbocycles. The summed E-state index contributed by atoms with van der Waals surface area (Å²) in [4.78, 5) is 16.2. The Balaban J connectivity index is 1.91. The van der Waals surface area contributed by atoms with E-state index in [9.17, 15) is 9.90 Å². The van der Waals surface area contributed by atoms with Gasteiger partial charge in [0.05, 0.1) is 6.10 Å². The molecule has 0 saturated heterocycles. The molecular formula is C16H24N2O3. The van der Waals surface area contributed by atoms with Gasteiger partial charge in [0.25, 0.3) is 5.91 Å². The van der Waals surface area contributed by atoms with Crippen molar-refractivity contribution in [2.75, 3.05) is 0 Å². The second-order valence-electron chi connectivity index (χ2n) is 5.76. The highest BCUT2D eigenvalue weighted by atomic mass is 16.5. The number of aromatic nitrogens is 1. The van der Waals surface area contributed by atoms with Crippen LogP contribution in [-0.4, -0.2) is 27.7 Å². The Morgan fingerprint density at radius 1 is 1.52 bits per heavy atom. The van der Waals surface area contributed by atoms with Crippen LogP contribution in [0.3, 0.4) is 0 Å². The van der Waals surface area contributed by atoms with Crippen LogP contribution in [-0.2, 0) is 11.3 Å². The Hall–Kier alpha value is -1.62. The summed E-state index contributed by atoms with van der Waals surface area (Å²) in [5.41, 5.74) is -0.262. The van der Waals surface area contributed by atoms with Crippen molar-refractivity contribution in [2.45, 2.75) is 64.2 Å². The van der Waals surface area contributed by atoms with Crippen LogP contribution in [0.5, 0.6) is 5.88 Å². The maximum absolute atomic E-state index is 12.0. The van der Waals surface area contributed by atoms with Crippen LogP contribution in [0.1, 0.15) is 51.5 Å². The fraction of sp³-hybridized carbons (Fsp3) is 0.625. The molecule has 5 nitrogen and oxygen atoms in total. The highest BCUT2D eigenvalue weighted by molar-refractivity contribution is 5.85. The lowest BCUT2D eigenvalue weighted by molar-refractivity contribution is -0.139. The minimum Gasteiger partial charge on any atom is -0.475 e. The van der Waals surface area contributed by atoms with Gasteiger partial charge < -0.3 is 15.2 Å². The molecule has 1 unspecified atom stereocenters. The molecule has 1 aliphatic carbocycles. The van der Waals surface area contributed by atoms with Crippen molar-refractivity contribution >= 4 is 5.91 Å². The van der Waals surface area contributed by atoms with Crippen molar-refractivity contribution in [2.24, 2.45) is 0 Å². The summed E-state index contributed by atoms with van der Waals surface area (Å²) in [5.74, 6) is 0.289. The quantitative estimate of drug-likeness (QED) is 0.843. The van der Waals surface area contributed by atoms with Crippen LogP contribution in [0.25, 0.3) is 0 Å². The number of pyridine rings is 1.